The van der Waals surface area contributed by atoms with Gasteiger partial charge in [0.1, 0.15) is 10.9 Å². The van der Waals surface area contributed by atoms with Crippen molar-refractivity contribution in [1.82, 2.24) is 9.69 Å². The fourth-order valence-electron chi connectivity index (χ4n) is 4.12. The van der Waals surface area contributed by atoms with E-state index in [0.29, 0.717) is 35.2 Å². The molecule has 11 heteroatoms. The zero-order chi connectivity index (χ0) is 28.9. The summed E-state index contributed by atoms with van der Waals surface area (Å²) in [5.74, 6) is -0.589. The summed E-state index contributed by atoms with van der Waals surface area (Å²) in [6.07, 6.45) is 0.756. The van der Waals surface area contributed by atoms with Crippen molar-refractivity contribution in [3.05, 3.63) is 63.7 Å². The lowest BCUT2D eigenvalue weighted by Crippen LogP contribution is -2.44. The number of nitrogen functional groups attached to an aromatic ring is 1. The van der Waals surface area contributed by atoms with E-state index in [1.807, 2.05) is 26.0 Å². The van der Waals surface area contributed by atoms with Crippen LogP contribution in [-0.4, -0.2) is 42.9 Å². The molecular formula is C28H35N5O5S. The number of nitrogens with one attached hydrogen (secondary N) is 1. The molecule has 0 saturated carbocycles. The Labute approximate surface area is 232 Å². The normalized spacial score (nSPS) is 11.7. The van der Waals surface area contributed by atoms with Crippen molar-refractivity contribution < 1.29 is 23.9 Å². The van der Waals surface area contributed by atoms with E-state index in [1.54, 1.807) is 24.3 Å². The number of primary amides is 1. The lowest BCUT2D eigenvalue weighted by molar-refractivity contribution is -0.122. The third-order valence-electron chi connectivity index (χ3n) is 6.46. The summed E-state index contributed by atoms with van der Waals surface area (Å²) < 4.78 is 14.9. The van der Waals surface area contributed by atoms with Gasteiger partial charge in [0.15, 0.2) is 17.2 Å². The Balaban J connectivity index is 2.27. The maximum absolute atomic E-state index is 14.3. The van der Waals surface area contributed by atoms with Crippen LogP contribution in [0.3, 0.4) is 0 Å². The summed E-state index contributed by atoms with van der Waals surface area (Å²) in [6.45, 7) is 8.34. The number of aromatic nitrogens is 1. The van der Waals surface area contributed by atoms with E-state index in [2.05, 4.69) is 23.5 Å². The van der Waals surface area contributed by atoms with Gasteiger partial charge in [-0.05, 0) is 72.6 Å². The zero-order valence-electron chi connectivity index (χ0n) is 23.0. The second kappa shape index (κ2) is 12.6. The summed E-state index contributed by atoms with van der Waals surface area (Å²) in [5, 5.41) is 2.98. The molecule has 1 atom stereocenters. The van der Waals surface area contributed by atoms with Gasteiger partial charge in [-0.2, -0.15) is 4.37 Å². The predicted molar refractivity (Wildman–Crippen MR) is 153 cm³/mol. The Morgan fingerprint density at radius 3 is 2.36 bits per heavy atom. The monoisotopic (exact) mass is 553 g/mol. The highest BCUT2D eigenvalue weighted by Gasteiger charge is 2.37. The molecule has 0 aliphatic heterocycles. The van der Waals surface area contributed by atoms with Crippen LogP contribution in [0.5, 0.6) is 11.5 Å². The molecule has 39 heavy (non-hydrogen) atoms. The van der Waals surface area contributed by atoms with Gasteiger partial charge in [-0.3, -0.25) is 19.3 Å². The first kappa shape index (κ1) is 29.4. The maximum Gasteiger partial charge on any atom is 0.273 e. The van der Waals surface area contributed by atoms with E-state index in [0.717, 1.165) is 29.1 Å². The number of carbonyl (C=O) groups is 3. The number of anilines is 2. The minimum atomic E-state index is -1.12. The van der Waals surface area contributed by atoms with Crippen LogP contribution in [0.1, 0.15) is 63.2 Å². The zero-order valence-corrected chi connectivity index (χ0v) is 23.8. The molecule has 208 valence electrons. The molecule has 1 heterocycles. The third-order valence-corrected chi connectivity index (χ3v) is 7.31. The highest BCUT2D eigenvalue weighted by Crippen LogP contribution is 2.38. The van der Waals surface area contributed by atoms with Gasteiger partial charge in [0.2, 0.25) is 5.91 Å². The van der Waals surface area contributed by atoms with Crippen LogP contribution in [0.25, 0.3) is 0 Å². The number of hydrogen-bond acceptors (Lipinski definition) is 8. The molecule has 2 aromatic carbocycles. The van der Waals surface area contributed by atoms with E-state index >= 15 is 0 Å². The van der Waals surface area contributed by atoms with E-state index in [9.17, 15) is 14.4 Å². The van der Waals surface area contributed by atoms with E-state index in [1.165, 1.54) is 19.1 Å². The van der Waals surface area contributed by atoms with Gasteiger partial charge in [0.25, 0.3) is 11.8 Å². The number of hydrogen-bond donors (Lipinski definition) is 3. The van der Waals surface area contributed by atoms with Crippen molar-refractivity contribution in [2.75, 3.05) is 31.4 Å². The summed E-state index contributed by atoms with van der Waals surface area (Å²) in [6, 6.07) is 9.44. The van der Waals surface area contributed by atoms with Crippen LogP contribution >= 0.6 is 11.5 Å². The minimum absolute atomic E-state index is 0.00478. The molecule has 0 spiro atoms. The number of nitrogens with zero attached hydrogens (tertiary/aromatic N) is 2. The second-order valence-corrected chi connectivity index (χ2v) is 10.3. The maximum atomic E-state index is 14.3. The molecule has 0 unspecified atom stereocenters. The van der Waals surface area contributed by atoms with Gasteiger partial charge in [-0.25, -0.2) is 0 Å². The smallest absolute Gasteiger partial charge is 0.273 e. The van der Waals surface area contributed by atoms with Crippen molar-refractivity contribution in [3.63, 3.8) is 0 Å². The number of methoxy groups -OCH3 is 2. The molecule has 5 N–H and O–H groups in total. The largest absolute Gasteiger partial charge is 0.493 e. The van der Waals surface area contributed by atoms with Crippen molar-refractivity contribution in [3.8, 4) is 11.5 Å². The number of carbonyl (C=O) groups excluding carboxylic acids is 3. The molecule has 0 radical (unpaired) electrons. The molecule has 0 aliphatic rings. The van der Waals surface area contributed by atoms with Gasteiger partial charge in [-0.15, -0.1) is 0 Å². The number of aryl methyl sites for hydroxylation is 1. The molecule has 1 aromatic heterocycles. The average Bonchev–Trinajstić information content (AvgIpc) is 3.29. The molecule has 0 bridgehead atoms. The Morgan fingerprint density at radius 2 is 1.77 bits per heavy atom. The second-order valence-electron chi connectivity index (χ2n) is 9.52. The van der Waals surface area contributed by atoms with Gasteiger partial charge < -0.3 is 26.3 Å². The van der Waals surface area contributed by atoms with Crippen LogP contribution < -0.4 is 31.2 Å². The SMILES string of the molecule is COc1ccc([C@H](C(=O)NCCC(C)C)N(C(=O)c2snc(C(N)=O)c2N)c2cccc(C)c2C)cc1OC. The quantitative estimate of drug-likeness (QED) is 0.325. The fraction of sp³-hybridized carbons (Fsp3) is 0.357. The van der Waals surface area contributed by atoms with E-state index in [-0.39, 0.29) is 16.3 Å². The average molecular weight is 554 g/mol. The van der Waals surface area contributed by atoms with Crippen LogP contribution in [0.2, 0.25) is 0 Å². The molecular weight excluding hydrogens is 518 g/mol. The summed E-state index contributed by atoms with van der Waals surface area (Å²) >= 11 is 0.762. The number of rotatable bonds is 11. The van der Waals surface area contributed by atoms with Gasteiger partial charge >= 0.3 is 0 Å². The first-order valence-electron chi connectivity index (χ1n) is 12.5. The van der Waals surface area contributed by atoms with Crippen molar-refractivity contribution in [2.45, 2.75) is 40.2 Å². The Hall–Kier alpha value is -4.12. The number of benzene rings is 2. The predicted octanol–water partition coefficient (Wildman–Crippen LogP) is 4.01. The van der Waals surface area contributed by atoms with Gasteiger partial charge in [0, 0.05) is 12.2 Å². The lowest BCUT2D eigenvalue weighted by Gasteiger charge is -2.33. The number of nitrogens with two attached hydrogens (primary N) is 2. The fourth-order valence-corrected chi connectivity index (χ4v) is 4.86. The number of ether oxygens (including phenoxy) is 2. The summed E-state index contributed by atoms with van der Waals surface area (Å²) in [7, 11) is 3.01. The van der Waals surface area contributed by atoms with Crippen molar-refractivity contribution >= 4 is 40.6 Å². The molecule has 0 aliphatic carbocycles. The van der Waals surface area contributed by atoms with Crippen LogP contribution in [0.4, 0.5) is 11.4 Å². The van der Waals surface area contributed by atoms with E-state index < -0.39 is 23.8 Å². The Morgan fingerprint density at radius 1 is 1.08 bits per heavy atom. The standard InChI is InChI=1S/C28H35N5O5S/c1-15(2)12-13-31-27(35)24(18-10-11-20(37-5)21(14-18)38-6)33(19-9-7-8-16(3)17(19)4)28(36)25-22(29)23(26(30)34)32-39-25/h7-11,14-15,24H,12-13,29H2,1-6H3,(H2,30,34)(H,31,35)/t24-/m1/s1. The minimum Gasteiger partial charge on any atom is -0.493 e. The van der Waals surface area contributed by atoms with Crippen molar-refractivity contribution in [1.29, 1.82) is 0 Å². The lowest BCUT2D eigenvalue weighted by atomic mass is 9.99. The van der Waals surface area contributed by atoms with Crippen LogP contribution in [-0.2, 0) is 4.79 Å². The van der Waals surface area contributed by atoms with Gasteiger partial charge in [-0.1, -0.05) is 32.0 Å². The molecule has 3 rings (SSSR count). The van der Waals surface area contributed by atoms with Crippen LogP contribution in [0, 0.1) is 19.8 Å². The van der Waals surface area contributed by atoms with Crippen LogP contribution in [0.15, 0.2) is 36.4 Å². The highest BCUT2D eigenvalue weighted by molar-refractivity contribution is 7.09. The number of amides is 3. The molecule has 0 saturated heterocycles. The molecule has 10 nitrogen and oxygen atoms in total. The molecule has 3 aromatic rings. The summed E-state index contributed by atoms with van der Waals surface area (Å²) in [4.78, 5) is 41.4. The van der Waals surface area contributed by atoms with Crippen molar-refractivity contribution in [2.24, 2.45) is 11.7 Å². The van der Waals surface area contributed by atoms with Gasteiger partial charge in [0.05, 0.1) is 19.9 Å². The summed E-state index contributed by atoms with van der Waals surface area (Å²) in [5.41, 5.74) is 14.0. The molecule has 3 amide bonds. The molecule has 0 fully saturated rings. The third kappa shape index (κ3) is 6.31. The first-order valence-corrected chi connectivity index (χ1v) is 13.2. The Kier molecular flexibility index (Phi) is 9.52. The highest BCUT2D eigenvalue weighted by atomic mass is 32.1. The Bertz CT molecular complexity index is 1370. The van der Waals surface area contributed by atoms with E-state index in [4.69, 9.17) is 20.9 Å². The topological polar surface area (TPSA) is 150 Å². The first-order chi connectivity index (χ1) is 18.5.